The molecule has 1 heterocycles. The number of rotatable bonds is 7. The SMILES string of the molecule is C=CC(=O)Nc1ccc(S(=O)(=O)NCc2ccc(N3CCCN(C)CC3)cc2)cc1. The van der Waals surface area contributed by atoms with Crippen LogP contribution in [0, 0.1) is 0 Å². The minimum absolute atomic E-state index is 0.143. The number of hydrogen-bond donors (Lipinski definition) is 2. The van der Waals surface area contributed by atoms with Crippen LogP contribution in [0.4, 0.5) is 11.4 Å². The Labute approximate surface area is 178 Å². The lowest BCUT2D eigenvalue weighted by atomic mass is 10.2. The zero-order valence-corrected chi connectivity index (χ0v) is 18.0. The molecule has 3 rings (SSSR count). The van der Waals surface area contributed by atoms with Crippen molar-refractivity contribution in [2.75, 3.05) is 43.4 Å². The molecule has 8 heteroatoms. The summed E-state index contributed by atoms with van der Waals surface area (Å²) in [7, 11) is -1.51. The van der Waals surface area contributed by atoms with Gasteiger partial charge in [-0.05, 0) is 68.1 Å². The fourth-order valence-corrected chi connectivity index (χ4v) is 4.32. The van der Waals surface area contributed by atoms with Gasteiger partial charge in [0.1, 0.15) is 0 Å². The molecule has 0 saturated carbocycles. The van der Waals surface area contributed by atoms with Gasteiger partial charge < -0.3 is 15.1 Å². The zero-order chi connectivity index (χ0) is 21.6. The van der Waals surface area contributed by atoms with Crippen molar-refractivity contribution in [3.05, 3.63) is 66.7 Å². The van der Waals surface area contributed by atoms with E-state index in [4.69, 9.17) is 0 Å². The van der Waals surface area contributed by atoms with Crippen molar-refractivity contribution in [1.82, 2.24) is 9.62 Å². The molecule has 0 radical (unpaired) electrons. The Kier molecular flexibility index (Phi) is 7.25. The predicted octanol–water partition coefficient (Wildman–Crippen LogP) is 2.43. The summed E-state index contributed by atoms with van der Waals surface area (Å²) < 4.78 is 27.7. The van der Waals surface area contributed by atoms with E-state index in [0.717, 1.165) is 49.9 Å². The van der Waals surface area contributed by atoms with Crippen molar-refractivity contribution in [3.63, 3.8) is 0 Å². The minimum atomic E-state index is -3.65. The van der Waals surface area contributed by atoms with Crippen LogP contribution >= 0.6 is 0 Å². The highest BCUT2D eigenvalue weighted by atomic mass is 32.2. The van der Waals surface area contributed by atoms with E-state index in [-0.39, 0.29) is 17.3 Å². The second-order valence-corrected chi connectivity index (χ2v) is 9.12. The number of carbonyl (C=O) groups excluding carboxylic acids is 1. The van der Waals surface area contributed by atoms with E-state index in [9.17, 15) is 13.2 Å². The number of anilines is 2. The molecule has 2 aromatic carbocycles. The molecule has 1 amide bonds. The van der Waals surface area contributed by atoms with E-state index in [1.807, 2.05) is 24.3 Å². The Morgan fingerprint density at radius 3 is 2.40 bits per heavy atom. The average molecular weight is 429 g/mol. The summed E-state index contributed by atoms with van der Waals surface area (Å²) in [4.78, 5) is 16.2. The first-order valence-corrected chi connectivity index (χ1v) is 11.4. The third-order valence-electron chi connectivity index (χ3n) is 5.10. The summed E-state index contributed by atoms with van der Waals surface area (Å²) >= 11 is 0. The molecule has 0 aliphatic carbocycles. The minimum Gasteiger partial charge on any atom is -0.370 e. The molecule has 30 heavy (non-hydrogen) atoms. The van der Waals surface area contributed by atoms with E-state index in [1.165, 1.54) is 12.1 Å². The maximum absolute atomic E-state index is 12.6. The Hall–Kier alpha value is -2.68. The summed E-state index contributed by atoms with van der Waals surface area (Å²) in [5.74, 6) is -0.348. The highest BCUT2D eigenvalue weighted by molar-refractivity contribution is 7.89. The lowest BCUT2D eigenvalue weighted by molar-refractivity contribution is -0.111. The monoisotopic (exact) mass is 428 g/mol. The van der Waals surface area contributed by atoms with Crippen LogP contribution in [-0.4, -0.2) is 52.5 Å². The van der Waals surface area contributed by atoms with Crippen molar-refractivity contribution >= 4 is 27.3 Å². The number of benzene rings is 2. The highest BCUT2D eigenvalue weighted by Gasteiger charge is 2.15. The number of nitrogens with zero attached hydrogens (tertiary/aromatic N) is 2. The molecule has 2 N–H and O–H groups in total. The Morgan fingerprint density at radius 1 is 1.03 bits per heavy atom. The van der Waals surface area contributed by atoms with Crippen molar-refractivity contribution in [3.8, 4) is 0 Å². The summed E-state index contributed by atoms with van der Waals surface area (Å²) in [5.41, 5.74) is 2.56. The Morgan fingerprint density at radius 2 is 1.73 bits per heavy atom. The quantitative estimate of drug-likeness (QED) is 0.662. The van der Waals surface area contributed by atoms with Gasteiger partial charge in [-0.15, -0.1) is 0 Å². The van der Waals surface area contributed by atoms with Crippen LogP contribution in [0.1, 0.15) is 12.0 Å². The second kappa shape index (κ2) is 9.88. The van der Waals surface area contributed by atoms with Crippen LogP contribution in [0.3, 0.4) is 0 Å². The maximum atomic E-state index is 12.6. The van der Waals surface area contributed by atoms with Gasteiger partial charge in [0.05, 0.1) is 4.90 Å². The van der Waals surface area contributed by atoms with Gasteiger partial charge in [-0.3, -0.25) is 4.79 Å². The molecule has 0 unspecified atom stereocenters. The van der Waals surface area contributed by atoms with Crippen molar-refractivity contribution < 1.29 is 13.2 Å². The lowest BCUT2D eigenvalue weighted by Gasteiger charge is -2.23. The van der Waals surface area contributed by atoms with E-state index in [1.54, 1.807) is 12.1 Å². The molecule has 1 aliphatic rings. The van der Waals surface area contributed by atoms with Gasteiger partial charge in [0.2, 0.25) is 15.9 Å². The van der Waals surface area contributed by atoms with Gasteiger partial charge in [0, 0.05) is 37.6 Å². The maximum Gasteiger partial charge on any atom is 0.247 e. The molecule has 0 aromatic heterocycles. The van der Waals surface area contributed by atoms with Crippen LogP contribution in [0.5, 0.6) is 0 Å². The van der Waals surface area contributed by atoms with E-state index < -0.39 is 10.0 Å². The Balaban J connectivity index is 1.59. The smallest absolute Gasteiger partial charge is 0.247 e. The standard InChI is InChI=1S/C22H28N4O3S/c1-3-22(27)24-19-7-11-21(12-8-19)30(28,29)23-17-18-5-9-20(10-6-18)26-14-4-13-25(2)15-16-26/h3,5-12,23H,1,4,13-17H2,2H3,(H,24,27). The number of hydrogen-bond acceptors (Lipinski definition) is 5. The molecule has 1 fully saturated rings. The molecule has 0 bridgehead atoms. The van der Waals surface area contributed by atoms with Crippen LogP contribution in [0.15, 0.2) is 66.1 Å². The molecule has 7 nitrogen and oxygen atoms in total. The third-order valence-corrected chi connectivity index (χ3v) is 6.52. The van der Waals surface area contributed by atoms with Gasteiger partial charge >= 0.3 is 0 Å². The van der Waals surface area contributed by atoms with Crippen LogP contribution in [0.2, 0.25) is 0 Å². The fourth-order valence-electron chi connectivity index (χ4n) is 3.30. The number of nitrogens with one attached hydrogen (secondary N) is 2. The molecule has 0 spiro atoms. The molecule has 160 valence electrons. The Bertz CT molecular complexity index is 972. The van der Waals surface area contributed by atoms with E-state index in [2.05, 4.69) is 33.5 Å². The van der Waals surface area contributed by atoms with Gasteiger partial charge in [-0.2, -0.15) is 0 Å². The first kappa shape index (κ1) is 22.0. The van der Waals surface area contributed by atoms with Gasteiger partial charge in [0.25, 0.3) is 0 Å². The summed E-state index contributed by atoms with van der Waals surface area (Å²) in [6.07, 6.45) is 2.29. The lowest BCUT2D eigenvalue weighted by Crippen LogP contribution is -2.28. The third kappa shape index (κ3) is 5.91. The zero-order valence-electron chi connectivity index (χ0n) is 17.2. The molecular weight excluding hydrogens is 400 g/mol. The van der Waals surface area contributed by atoms with Crippen molar-refractivity contribution in [2.24, 2.45) is 0 Å². The van der Waals surface area contributed by atoms with Crippen LogP contribution < -0.4 is 14.9 Å². The van der Waals surface area contributed by atoms with Gasteiger partial charge in [0.15, 0.2) is 0 Å². The molecule has 1 aliphatic heterocycles. The average Bonchev–Trinajstić information content (AvgIpc) is 2.97. The largest absolute Gasteiger partial charge is 0.370 e. The van der Waals surface area contributed by atoms with E-state index in [0.29, 0.717) is 5.69 Å². The normalized spacial score (nSPS) is 15.4. The van der Waals surface area contributed by atoms with Gasteiger partial charge in [-0.25, -0.2) is 13.1 Å². The summed E-state index contributed by atoms with van der Waals surface area (Å²) in [5, 5.41) is 2.59. The first-order chi connectivity index (χ1) is 14.4. The molecule has 0 atom stereocenters. The second-order valence-electron chi connectivity index (χ2n) is 7.35. The van der Waals surface area contributed by atoms with Crippen molar-refractivity contribution in [2.45, 2.75) is 17.9 Å². The molecular formula is C22H28N4O3S. The number of carbonyl (C=O) groups is 1. The molecule has 2 aromatic rings. The predicted molar refractivity (Wildman–Crippen MR) is 120 cm³/mol. The first-order valence-electron chi connectivity index (χ1n) is 9.93. The van der Waals surface area contributed by atoms with Crippen LogP contribution in [0.25, 0.3) is 0 Å². The molecule has 1 saturated heterocycles. The van der Waals surface area contributed by atoms with Gasteiger partial charge in [-0.1, -0.05) is 18.7 Å². The number of amides is 1. The fraction of sp³-hybridized carbons (Fsp3) is 0.318. The topological polar surface area (TPSA) is 81.7 Å². The van der Waals surface area contributed by atoms with Crippen molar-refractivity contribution in [1.29, 1.82) is 0 Å². The van der Waals surface area contributed by atoms with E-state index >= 15 is 0 Å². The number of likely N-dealkylation sites (N-methyl/N-ethyl adjacent to an activating group) is 1. The highest BCUT2D eigenvalue weighted by Crippen LogP contribution is 2.18. The summed E-state index contributed by atoms with van der Waals surface area (Å²) in [6.45, 7) is 7.76. The van der Waals surface area contributed by atoms with Crippen LogP contribution in [-0.2, 0) is 21.4 Å². The summed E-state index contributed by atoms with van der Waals surface area (Å²) in [6, 6.07) is 14.0. The number of sulfonamides is 1.